The summed E-state index contributed by atoms with van der Waals surface area (Å²) in [4.78, 5) is 42.4. The minimum Gasteiger partial charge on any atom is -0.465 e. The number of nitrogens with zero attached hydrogens (tertiary/aromatic N) is 4. The van der Waals surface area contributed by atoms with E-state index in [-0.39, 0.29) is 19.1 Å². The zero-order valence-electron chi connectivity index (χ0n) is 16.3. The van der Waals surface area contributed by atoms with Crippen molar-refractivity contribution in [1.82, 2.24) is 18.7 Å². The number of carbonyl (C=O) groups is 1. The first-order chi connectivity index (χ1) is 13.4. The normalized spacial score (nSPS) is 11.3. The third-order valence-electron chi connectivity index (χ3n) is 4.32. The molecular weight excluding hydrogens is 360 g/mol. The molecule has 0 aliphatic heterocycles. The minimum atomic E-state index is -0.623. The van der Waals surface area contributed by atoms with E-state index in [0.717, 1.165) is 10.1 Å². The number of hydrogen-bond acceptors (Lipinski definition) is 5. The summed E-state index contributed by atoms with van der Waals surface area (Å²) in [5.74, 6) is -0.341. The molecule has 0 aliphatic rings. The van der Waals surface area contributed by atoms with Crippen LogP contribution in [0.4, 0.5) is 0 Å². The number of ether oxygens (including phenoxy) is 1. The molecule has 0 unspecified atom stereocenters. The van der Waals surface area contributed by atoms with Crippen LogP contribution in [0.15, 0.2) is 46.2 Å². The lowest BCUT2D eigenvalue weighted by molar-refractivity contribution is -0.143. The molecule has 0 radical (unpaired) electrons. The van der Waals surface area contributed by atoms with Gasteiger partial charge in [-0.15, -0.1) is 0 Å². The van der Waals surface area contributed by atoms with Gasteiger partial charge in [-0.3, -0.25) is 14.2 Å². The standard InChI is InChI=1S/C20H24N4O4/c1-4-28-16(25)12-24-19(26)17-18(21-13-22(17)10-14(2)3)23(20(24)27)11-15-8-6-5-7-9-15/h5-9,13-14H,4,10-12H2,1-3H3. The summed E-state index contributed by atoms with van der Waals surface area (Å²) in [7, 11) is 0. The van der Waals surface area contributed by atoms with Gasteiger partial charge in [-0.1, -0.05) is 44.2 Å². The van der Waals surface area contributed by atoms with Crippen molar-refractivity contribution in [3.63, 3.8) is 0 Å². The zero-order valence-corrected chi connectivity index (χ0v) is 16.3. The van der Waals surface area contributed by atoms with E-state index in [4.69, 9.17) is 4.74 Å². The molecule has 8 nitrogen and oxygen atoms in total. The quantitative estimate of drug-likeness (QED) is 0.578. The molecule has 0 spiro atoms. The Hall–Kier alpha value is -3.16. The Morgan fingerprint density at radius 1 is 1.14 bits per heavy atom. The highest BCUT2D eigenvalue weighted by atomic mass is 16.5. The largest absolute Gasteiger partial charge is 0.465 e. The van der Waals surface area contributed by atoms with E-state index < -0.39 is 23.8 Å². The summed E-state index contributed by atoms with van der Waals surface area (Å²) >= 11 is 0. The Morgan fingerprint density at radius 3 is 2.50 bits per heavy atom. The molecule has 2 aromatic heterocycles. The second kappa shape index (κ2) is 8.24. The highest BCUT2D eigenvalue weighted by Gasteiger charge is 2.20. The van der Waals surface area contributed by atoms with Crippen LogP contribution in [0.25, 0.3) is 11.2 Å². The molecule has 28 heavy (non-hydrogen) atoms. The number of esters is 1. The molecule has 0 aliphatic carbocycles. The molecule has 1 aromatic carbocycles. The van der Waals surface area contributed by atoms with E-state index in [1.165, 1.54) is 4.57 Å². The molecule has 0 bridgehead atoms. The summed E-state index contributed by atoms with van der Waals surface area (Å²) in [5, 5.41) is 0. The number of fused-ring (bicyclic) bond motifs is 1. The van der Waals surface area contributed by atoms with E-state index >= 15 is 0 Å². The van der Waals surface area contributed by atoms with Crippen molar-refractivity contribution in [3.05, 3.63) is 63.1 Å². The highest BCUT2D eigenvalue weighted by molar-refractivity contribution is 5.72. The molecule has 0 N–H and O–H groups in total. The van der Waals surface area contributed by atoms with Gasteiger partial charge >= 0.3 is 11.7 Å². The van der Waals surface area contributed by atoms with Crippen LogP contribution in [-0.2, 0) is 29.2 Å². The van der Waals surface area contributed by atoms with Crippen LogP contribution in [0.5, 0.6) is 0 Å². The predicted molar refractivity (Wildman–Crippen MR) is 105 cm³/mol. The van der Waals surface area contributed by atoms with Crippen LogP contribution in [0.2, 0.25) is 0 Å². The number of benzene rings is 1. The number of aromatic nitrogens is 4. The Bertz CT molecular complexity index is 1090. The average Bonchev–Trinajstić information content (AvgIpc) is 3.06. The van der Waals surface area contributed by atoms with Gasteiger partial charge in [0.05, 0.1) is 19.5 Å². The fourth-order valence-electron chi connectivity index (χ4n) is 3.15. The van der Waals surface area contributed by atoms with Gasteiger partial charge in [-0.2, -0.15) is 0 Å². The van der Waals surface area contributed by atoms with E-state index in [9.17, 15) is 14.4 Å². The van der Waals surface area contributed by atoms with E-state index in [0.29, 0.717) is 17.7 Å². The summed E-state index contributed by atoms with van der Waals surface area (Å²) in [6, 6.07) is 9.43. The highest BCUT2D eigenvalue weighted by Crippen LogP contribution is 2.11. The van der Waals surface area contributed by atoms with Gasteiger partial charge in [0.15, 0.2) is 11.2 Å². The number of carbonyl (C=O) groups excluding carboxylic acids is 1. The van der Waals surface area contributed by atoms with Gasteiger partial charge in [0, 0.05) is 6.54 Å². The molecule has 0 saturated carbocycles. The van der Waals surface area contributed by atoms with Gasteiger partial charge in [0.2, 0.25) is 0 Å². The summed E-state index contributed by atoms with van der Waals surface area (Å²) in [6.07, 6.45) is 1.57. The topological polar surface area (TPSA) is 88.1 Å². The number of rotatable bonds is 7. The van der Waals surface area contributed by atoms with E-state index in [2.05, 4.69) is 4.98 Å². The van der Waals surface area contributed by atoms with Crippen LogP contribution in [0.1, 0.15) is 26.3 Å². The first-order valence-corrected chi connectivity index (χ1v) is 9.30. The van der Waals surface area contributed by atoms with Crippen molar-refractivity contribution in [3.8, 4) is 0 Å². The Morgan fingerprint density at radius 2 is 1.86 bits per heavy atom. The number of imidazole rings is 1. The maximum absolute atomic E-state index is 13.0. The zero-order chi connectivity index (χ0) is 20.3. The molecule has 3 aromatic rings. The molecule has 0 amide bonds. The van der Waals surface area contributed by atoms with Gasteiger partial charge in [0.25, 0.3) is 5.56 Å². The summed E-state index contributed by atoms with van der Waals surface area (Å²) in [6.45, 7) is 6.32. The summed E-state index contributed by atoms with van der Waals surface area (Å²) in [5.41, 5.74) is 0.415. The van der Waals surface area contributed by atoms with Crippen molar-refractivity contribution in [2.24, 2.45) is 5.92 Å². The van der Waals surface area contributed by atoms with Crippen LogP contribution in [0, 0.1) is 5.92 Å². The lowest BCUT2D eigenvalue weighted by atomic mass is 10.2. The van der Waals surface area contributed by atoms with Crippen LogP contribution >= 0.6 is 0 Å². The molecule has 0 saturated heterocycles. The van der Waals surface area contributed by atoms with Crippen molar-refractivity contribution < 1.29 is 9.53 Å². The molecule has 0 atom stereocenters. The van der Waals surface area contributed by atoms with Crippen molar-refractivity contribution in [2.45, 2.75) is 40.4 Å². The van der Waals surface area contributed by atoms with E-state index in [1.807, 2.05) is 44.2 Å². The SMILES string of the molecule is CCOC(=O)Cn1c(=O)c2c(ncn2CC(C)C)n(Cc2ccccc2)c1=O. The molecular formula is C20H24N4O4. The minimum absolute atomic E-state index is 0.180. The monoisotopic (exact) mass is 384 g/mol. The first-order valence-electron chi connectivity index (χ1n) is 9.30. The van der Waals surface area contributed by atoms with Crippen molar-refractivity contribution in [2.75, 3.05) is 6.61 Å². The number of hydrogen-bond donors (Lipinski definition) is 0. The van der Waals surface area contributed by atoms with Gasteiger partial charge in [0.1, 0.15) is 6.54 Å². The maximum Gasteiger partial charge on any atom is 0.333 e. The molecule has 8 heteroatoms. The van der Waals surface area contributed by atoms with Crippen LogP contribution in [-0.4, -0.2) is 31.3 Å². The van der Waals surface area contributed by atoms with E-state index in [1.54, 1.807) is 17.8 Å². The van der Waals surface area contributed by atoms with Crippen LogP contribution in [0.3, 0.4) is 0 Å². The second-order valence-corrected chi connectivity index (χ2v) is 7.01. The third-order valence-corrected chi connectivity index (χ3v) is 4.32. The van der Waals surface area contributed by atoms with Crippen LogP contribution < -0.4 is 11.2 Å². The third kappa shape index (κ3) is 3.90. The molecule has 148 valence electrons. The second-order valence-electron chi connectivity index (χ2n) is 7.01. The molecule has 0 fully saturated rings. The smallest absolute Gasteiger partial charge is 0.333 e. The lowest BCUT2D eigenvalue weighted by Gasteiger charge is -2.13. The van der Waals surface area contributed by atoms with Gasteiger partial charge in [-0.05, 0) is 18.4 Å². The van der Waals surface area contributed by atoms with Crippen molar-refractivity contribution >= 4 is 17.1 Å². The Kier molecular flexibility index (Phi) is 5.77. The first kappa shape index (κ1) is 19.6. The Labute approximate surface area is 162 Å². The van der Waals surface area contributed by atoms with Gasteiger partial charge in [-0.25, -0.2) is 14.3 Å². The average molecular weight is 384 g/mol. The molecule has 3 rings (SSSR count). The molecule has 2 heterocycles. The fourth-order valence-corrected chi connectivity index (χ4v) is 3.15. The lowest BCUT2D eigenvalue weighted by Crippen LogP contribution is -2.42. The Balaban J connectivity index is 2.22. The predicted octanol–water partition coefficient (Wildman–Crippen LogP) is 1.63. The fraction of sp³-hybridized carbons (Fsp3) is 0.400. The van der Waals surface area contributed by atoms with Gasteiger partial charge < -0.3 is 9.30 Å². The summed E-state index contributed by atoms with van der Waals surface area (Å²) < 4.78 is 9.04. The maximum atomic E-state index is 13.0. The van der Waals surface area contributed by atoms with Crippen molar-refractivity contribution in [1.29, 1.82) is 0 Å².